The Bertz CT molecular complexity index is 458. The zero-order chi connectivity index (χ0) is 16.0. The number of hydrazone groups is 1. The molecule has 0 fully saturated rings. The molecule has 4 nitrogen and oxygen atoms in total. The zero-order valence-corrected chi connectivity index (χ0v) is 13.8. The number of nitrogens with zero attached hydrogens (tertiary/aromatic N) is 1. The van der Waals surface area contributed by atoms with Crippen LogP contribution >= 0.6 is 0 Å². The van der Waals surface area contributed by atoms with Crippen LogP contribution in [0.1, 0.15) is 64.4 Å². The van der Waals surface area contributed by atoms with Crippen molar-refractivity contribution in [2.75, 3.05) is 6.61 Å². The number of benzene rings is 1. The topological polar surface area (TPSA) is 50.7 Å². The molecular formula is C18H28N2O2. The monoisotopic (exact) mass is 304 g/mol. The molecule has 22 heavy (non-hydrogen) atoms. The summed E-state index contributed by atoms with van der Waals surface area (Å²) in [5.74, 6) is 0.750. The van der Waals surface area contributed by atoms with Gasteiger partial charge in [-0.05, 0) is 25.5 Å². The summed E-state index contributed by atoms with van der Waals surface area (Å²) in [5.41, 5.74) is 3.44. The van der Waals surface area contributed by atoms with Gasteiger partial charge in [0.1, 0.15) is 5.75 Å². The average Bonchev–Trinajstić information content (AvgIpc) is 2.53. The van der Waals surface area contributed by atoms with Gasteiger partial charge in [0.2, 0.25) is 5.91 Å². The maximum absolute atomic E-state index is 11.7. The van der Waals surface area contributed by atoms with E-state index in [1.807, 2.05) is 31.2 Å². The highest BCUT2D eigenvalue weighted by Gasteiger charge is 2.01. The maximum atomic E-state index is 11.7. The lowest BCUT2D eigenvalue weighted by atomic mass is 10.1. The molecule has 0 saturated heterocycles. The maximum Gasteiger partial charge on any atom is 0.240 e. The van der Waals surface area contributed by atoms with Gasteiger partial charge in [-0.1, -0.05) is 51.2 Å². The number of carbonyl (C=O) groups excluding carboxylic acids is 1. The second-order valence-corrected chi connectivity index (χ2v) is 5.28. The fourth-order valence-corrected chi connectivity index (χ4v) is 2.17. The van der Waals surface area contributed by atoms with Crippen LogP contribution in [0.3, 0.4) is 0 Å². The van der Waals surface area contributed by atoms with Crippen LogP contribution in [-0.2, 0) is 4.79 Å². The largest absolute Gasteiger partial charge is 0.493 e. The highest BCUT2D eigenvalue weighted by molar-refractivity contribution is 5.85. The van der Waals surface area contributed by atoms with Gasteiger partial charge < -0.3 is 4.74 Å². The van der Waals surface area contributed by atoms with Gasteiger partial charge in [0, 0.05) is 12.0 Å². The Kier molecular flexibility index (Phi) is 9.75. The first-order chi connectivity index (χ1) is 10.8. The number of carbonyl (C=O) groups is 1. The summed E-state index contributed by atoms with van der Waals surface area (Å²) in [6.07, 6.45) is 9.23. The fraction of sp³-hybridized carbons (Fsp3) is 0.556. The number of rotatable bonds is 11. The van der Waals surface area contributed by atoms with Crippen LogP contribution in [0.5, 0.6) is 5.75 Å². The van der Waals surface area contributed by atoms with Crippen molar-refractivity contribution in [1.82, 2.24) is 5.43 Å². The molecule has 122 valence electrons. The van der Waals surface area contributed by atoms with Gasteiger partial charge in [-0.15, -0.1) is 0 Å². The van der Waals surface area contributed by atoms with Crippen molar-refractivity contribution in [2.24, 2.45) is 5.10 Å². The molecule has 0 aliphatic rings. The van der Waals surface area contributed by atoms with E-state index >= 15 is 0 Å². The lowest BCUT2D eigenvalue weighted by Crippen LogP contribution is -2.17. The number of nitrogens with one attached hydrogen (secondary N) is 1. The number of para-hydroxylation sites is 1. The highest BCUT2D eigenvalue weighted by Crippen LogP contribution is 2.15. The molecule has 1 aromatic carbocycles. The Morgan fingerprint density at radius 3 is 2.64 bits per heavy atom. The molecule has 1 aromatic rings. The minimum absolute atomic E-state index is 0.0272. The number of hydrogen-bond acceptors (Lipinski definition) is 3. The van der Waals surface area contributed by atoms with E-state index in [-0.39, 0.29) is 5.91 Å². The molecule has 1 N–H and O–H groups in total. The molecule has 0 atom stereocenters. The molecule has 0 heterocycles. The molecule has 1 amide bonds. The summed E-state index contributed by atoms with van der Waals surface area (Å²) in [5, 5.41) is 4.01. The summed E-state index contributed by atoms with van der Waals surface area (Å²) >= 11 is 0. The Hall–Kier alpha value is -1.84. The quantitative estimate of drug-likeness (QED) is 0.377. The van der Waals surface area contributed by atoms with Gasteiger partial charge in [0.25, 0.3) is 0 Å². The molecule has 1 rings (SSSR count). The Morgan fingerprint density at radius 2 is 1.86 bits per heavy atom. The predicted molar refractivity (Wildman–Crippen MR) is 91.3 cm³/mol. The van der Waals surface area contributed by atoms with E-state index in [1.165, 1.54) is 25.7 Å². The van der Waals surface area contributed by atoms with Crippen molar-refractivity contribution in [3.63, 3.8) is 0 Å². The summed E-state index contributed by atoms with van der Waals surface area (Å²) in [4.78, 5) is 11.7. The van der Waals surface area contributed by atoms with E-state index in [0.29, 0.717) is 13.0 Å². The first-order valence-corrected chi connectivity index (χ1v) is 8.31. The summed E-state index contributed by atoms with van der Waals surface area (Å²) in [6.45, 7) is 4.75. The molecule has 0 spiro atoms. The van der Waals surface area contributed by atoms with Crippen LogP contribution in [0.2, 0.25) is 0 Å². The first-order valence-electron chi connectivity index (χ1n) is 8.31. The van der Waals surface area contributed by atoms with Crippen molar-refractivity contribution in [2.45, 2.75) is 58.8 Å². The third-order valence-electron chi connectivity index (χ3n) is 3.37. The van der Waals surface area contributed by atoms with E-state index in [1.54, 1.807) is 6.21 Å². The Labute approximate surface area is 134 Å². The van der Waals surface area contributed by atoms with Crippen LogP contribution in [0.15, 0.2) is 29.4 Å². The van der Waals surface area contributed by atoms with Crippen LogP contribution in [0.4, 0.5) is 0 Å². The SMILES string of the molecule is CCCCCCCCC(=O)N/N=C/c1ccccc1OCC. The number of unbranched alkanes of at least 4 members (excludes halogenated alkanes) is 5. The Morgan fingerprint density at radius 1 is 1.14 bits per heavy atom. The fourth-order valence-electron chi connectivity index (χ4n) is 2.17. The molecular weight excluding hydrogens is 276 g/mol. The van der Waals surface area contributed by atoms with E-state index in [9.17, 15) is 4.79 Å². The highest BCUT2D eigenvalue weighted by atomic mass is 16.5. The molecule has 0 aliphatic carbocycles. The smallest absolute Gasteiger partial charge is 0.240 e. The van der Waals surface area contributed by atoms with Gasteiger partial charge in [-0.3, -0.25) is 4.79 Å². The van der Waals surface area contributed by atoms with Crippen LogP contribution in [0, 0.1) is 0 Å². The zero-order valence-electron chi connectivity index (χ0n) is 13.8. The lowest BCUT2D eigenvalue weighted by Gasteiger charge is -2.05. The lowest BCUT2D eigenvalue weighted by molar-refractivity contribution is -0.121. The second-order valence-electron chi connectivity index (χ2n) is 5.28. The third-order valence-corrected chi connectivity index (χ3v) is 3.37. The first kappa shape index (κ1) is 18.2. The standard InChI is InChI=1S/C18H28N2O2/c1-3-5-6-7-8-9-14-18(21)20-19-15-16-12-10-11-13-17(16)22-4-2/h10-13,15H,3-9,14H2,1-2H3,(H,20,21)/b19-15+. The van der Waals surface area contributed by atoms with E-state index < -0.39 is 0 Å². The van der Waals surface area contributed by atoms with E-state index in [4.69, 9.17) is 4.74 Å². The normalized spacial score (nSPS) is 10.8. The average molecular weight is 304 g/mol. The second kappa shape index (κ2) is 11.8. The van der Waals surface area contributed by atoms with Crippen LogP contribution < -0.4 is 10.2 Å². The van der Waals surface area contributed by atoms with E-state index in [0.717, 1.165) is 24.2 Å². The van der Waals surface area contributed by atoms with E-state index in [2.05, 4.69) is 17.5 Å². The Balaban J connectivity index is 2.26. The number of amides is 1. The van der Waals surface area contributed by atoms with Crippen molar-refractivity contribution < 1.29 is 9.53 Å². The molecule has 0 radical (unpaired) electrons. The molecule has 0 aromatic heterocycles. The van der Waals surface area contributed by atoms with Crippen molar-refractivity contribution in [3.8, 4) is 5.75 Å². The summed E-state index contributed by atoms with van der Waals surface area (Å²) in [7, 11) is 0. The van der Waals surface area contributed by atoms with Crippen LogP contribution in [0.25, 0.3) is 0 Å². The summed E-state index contributed by atoms with van der Waals surface area (Å²) < 4.78 is 5.50. The van der Waals surface area contributed by atoms with Gasteiger partial charge >= 0.3 is 0 Å². The van der Waals surface area contributed by atoms with Crippen molar-refractivity contribution >= 4 is 12.1 Å². The van der Waals surface area contributed by atoms with Gasteiger partial charge in [0.05, 0.1) is 12.8 Å². The molecule has 4 heteroatoms. The van der Waals surface area contributed by atoms with Crippen LogP contribution in [-0.4, -0.2) is 18.7 Å². The number of hydrogen-bond donors (Lipinski definition) is 1. The predicted octanol–water partition coefficient (Wildman–Crippen LogP) is 4.29. The van der Waals surface area contributed by atoms with Crippen molar-refractivity contribution in [1.29, 1.82) is 0 Å². The minimum atomic E-state index is -0.0272. The molecule has 0 saturated carbocycles. The molecule has 0 bridgehead atoms. The number of ether oxygens (including phenoxy) is 1. The third kappa shape index (κ3) is 7.81. The minimum Gasteiger partial charge on any atom is -0.493 e. The van der Waals surface area contributed by atoms with Gasteiger partial charge in [-0.25, -0.2) is 5.43 Å². The van der Waals surface area contributed by atoms with Gasteiger partial charge in [-0.2, -0.15) is 5.10 Å². The summed E-state index contributed by atoms with van der Waals surface area (Å²) in [6, 6.07) is 7.64. The van der Waals surface area contributed by atoms with Crippen molar-refractivity contribution in [3.05, 3.63) is 29.8 Å². The van der Waals surface area contributed by atoms with Gasteiger partial charge in [0.15, 0.2) is 0 Å². The molecule has 0 aliphatic heterocycles. The molecule has 0 unspecified atom stereocenters.